The van der Waals surface area contributed by atoms with Crippen LogP contribution in [0, 0.1) is 17.8 Å². The first-order chi connectivity index (χ1) is 17.1. The highest BCUT2D eigenvalue weighted by Gasteiger charge is 2.31. The maximum atomic E-state index is 13.6. The lowest BCUT2D eigenvalue weighted by Gasteiger charge is -2.37. The van der Waals surface area contributed by atoms with Crippen molar-refractivity contribution in [3.05, 3.63) is 35.9 Å². The van der Waals surface area contributed by atoms with E-state index < -0.39 is 0 Å². The molecule has 0 atom stereocenters. The van der Waals surface area contributed by atoms with E-state index in [0.29, 0.717) is 11.8 Å². The molecule has 0 bridgehead atoms. The monoisotopic (exact) mass is 481 g/mol. The number of piperidine rings is 2. The molecule has 3 fully saturated rings. The normalized spacial score (nSPS) is 21.2. The number of carbonyl (C=O) groups excluding carboxylic acids is 2. The first kappa shape index (κ1) is 26.2. The summed E-state index contributed by atoms with van der Waals surface area (Å²) in [6, 6.07) is 10.9. The Kier molecular flexibility index (Phi) is 10.1. The van der Waals surface area contributed by atoms with E-state index >= 15 is 0 Å². The number of hydrogen-bond acceptors (Lipinski definition) is 3. The van der Waals surface area contributed by atoms with E-state index in [0.717, 1.165) is 57.9 Å². The highest BCUT2D eigenvalue weighted by Crippen LogP contribution is 2.27. The van der Waals surface area contributed by atoms with Crippen molar-refractivity contribution in [3.63, 3.8) is 0 Å². The molecule has 194 valence electrons. The highest BCUT2D eigenvalue weighted by molar-refractivity contribution is 5.79. The van der Waals surface area contributed by atoms with Gasteiger partial charge in [-0.15, -0.1) is 0 Å². The van der Waals surface area contributed by atoms with Gasteiger partial charge in [0.25, 0.3) is 0 Å². The highest BCUT2D eigenvalue weighted by atomic mass is 16.2. The smallest absolute Gasteiger partial charge is 0.225 e. The van der Waals surface area contributed by atoms with E-state index in [1.54, 1.807) is 6.92 Å². The Hall–Kier alpha value is -1.88. The van der Waals surface area contributed by atoms with Gasteiger partial charge in [-0.3, -0.25) is 9.59 Å². The van der Waals surface area contributed by atoms with Crippen LogP contribution in [0.15, 0.2) is 30.3 Å². The average Bonchev–Trinajstić information content (AvgIpc) is 2.90. The maximum absolute atomic E-state index is 13.6. The Morgan fingerprint density at radius 1 is 0.857 bits per heavy atom. The van der Waals surface area contributed by atoms with E-state index in [1.165, 1.54) is 70.0 Å². The minimum Gasteiger partial charge on any atom is -0.343 e. The van der Waals surface area contributed by atoms with Crippen LogP contribution < -0.4 is 0 Å². The van der Waals surface area contributed by atoms with Crippen LogP contribution in [0.25, 0.3) is 0 Å². The van der Waals surface area contributed by atoms with E-state index in [-0.39, 0.29) is 11.8 Å². The van der Waals surface area contributed by atoms with E-state index in [2.05, 4.69) is 40.1 Å². The predicted molar refractivity (Wildman–Crippen MR) is 142 cm³/mol. The third-order valence-electron chi connectivity index (χ3n) is 8.78. The SMILES string of the molecule is CC(=O)N1CCC(C(=O)N(CCCN2CCC(Cc3ccccc3)CC2)CC2CCCCC2)CC1. The van der Waals surface area contributed by atoms with Crippen molar-refractivity contribution in [1.29, 1.82) is 0 Å². The summed E-state index contributed by atoms with van der Waals surface area (Å²) < 4.78 is 0. The van der Waals surface area contributed by atoms with Crippen molar-refractivity contribution < 1.29 is 9.59 Å². The Bertz CT molecular complexity index is 776. The quantitative estimate of drug-likeness (QED) is 0.499. The predicted octanol–water partition coefficient (Wildman–Crippen LogP) is 5.00. The largest absolute Gasteiger partial charge is 0.343 e. The summed E-state index contributed by atoms with van der Waals surface area (Å²) in [5.41, 5.74) is 1.47. The summed E-state index contributed by atoms with van der Waals surface area (Å²) in [5, 5.41) is 0. The minimum atomic E-state index is 0.0999. The maximum Gasteiger partial charge on any atom is 0.225 e. The summed E-state index contributed by atoms with van der Waals surface area (Å²) >= 11 is 0. The van der Waals surface area contributed by atoms with Gasteiger partial charge in [0, 0.05) is 39.0 Å². The van der Waals surface area contributed by atoms with Gasteiger partial charge < -0.3 is 14.7 Å². The Labute approximate surface area is 213 Å². The number of likely N-dealkylation sites (tertiary alicyclic amines) is 2. The standard InChI is InChI=1S/C30H47N3O2/c1-25(34)32-21-15-29(16-22-32)30(35)33(24-28-11-6-3-7-12-28)18-8-17-31-19-13-27(14-20-31)23-26-9-4-2-5-10-26/h2,4-5,9-10,27-29H,3,6-8,11-24H2,1H3. The summed E-state index contributed by atoms with van der Waals surface area (Å²) in [7, 11) is 0. The summed E-state index contributed by atoms with van der Waals surface area (Å²) in [6.45, 7) is 8.45. The molecule has 35 heavy (non-hydrogen) atoms. The van der Waals surface area contributed by atoms with Crippen LogP contribution in [0.4, 0.5) is 0 Å². The third kappa shape index (κ3) is 8.06. The molecule has 2 aliphatic heterocycles. The fourth-order valence-corrected chi connectivity index (χ4v) is 6.52. The minimum absolute atomic E-state index is 0.0999. The third-order valence-corrected chi connectivity index (χ3v) is 8.78. The van der Waals surface area contributed by atoms with Gasteiger partial charge >= 0.3 is 0 Å². The summed E-state index contributed by atoms with van der Waals surface area (Å²) in [5.74, 6) is 2.09. The molecular weight excluding hydrogens is 434 g/mol. The van der Waals surface area contributed by atoms with E-state index in [1.807, 2.05) is 4.90 Å². The molecule has 5 heteroatoms. The zero-order valence-electron chi connectivity index (χ0n) is 22.0. The first-order valence-electron chi connectivity index (χ1n) is 14.4. The Balaban J connectivity index is 1.23. The van der Waals surface area contributed by atoms with Crippen molar-refractivity contribution in [2.75, 3.05) is 45.8 Å². The molecule has 1 saturated carbocycles. The molecule has 0 unspecified atom stereocenters. The number of benzene rings is 1. The summed E-state index contributed by atoms with van der Waals surface area (Å²) in [6.07, 6.45) is 13.1. The first-order valence-corrected chi connectivity index (χ1v) is 14.4. The van der Waals surface area contributed by atoms with Crippen LogP contribution in [-0.2, 0) is 16.0 Å². The zero-order chi connectivity index (χ0) is 24.5. The number of carbonyl (C=O) groups is 2. The lowest BCUT2D eigenvalue weighted by molar-refractivity contribution is -0.140. The van der Waals surface area contributed by atoms with Crippen LogP contribution in [0.2, 0.25) is 0 Å². The molecule has 1 aromatic carbocycles. The molecule has 4 rings (SSSR count). The molecule has 1 aliphatic carbocycles. The Morgan fingerprint density at radius 2 is 1.54 bits per heavy atom. The second-order valence-corrected chi connectivity index (χ2v) is 11.4. The average molecular weight is 482 g/mol. The molecular formula is C30H47N3O2. The number of amides is 2. The summed E-state index contributed by atoms with van der Waals surface area (Å²) in [4.78, 5) is 32.0. The van der Waals surface area contributed by atoms with Gasteiger partial charge in [0.2, 0.25) is 11.8 Å². The van der Waals surface area contributed by atoms with Gasteiger partial charge in [-0.2, -0.15) is 0 Å². The Morgan fingerprint density at radius 3 is 2.20 bits per heavy atom. The van der Waals surface area contributed by atoms with Gasteiger partial charge in [0.05, 0.1) is 0 Å². The van der Waals surface area contributed by atoms with Gasteiger partial charge in [0.15, 0.2) is 0 Å². The van der Waals surface area contributed by atoms with E-state index in [4.69, 9.17) is 0 Å². The van der Waals surface area contributed by atoms with Crippen molar-refractivity contribution in [2.24, 2.45) is 17.8 Å². The lowest BCUT2D eigenvalue weighted by Crippen LogP contribution is -2.46. The van der Waals surface area contributed by atoms with Crippen molar-refractivity contribution in [3.8, 4) is 0 Å². The lowest BCUT2D eigenvalue weighted by atomic mass is 9.88. The molecule has 0 N–H and O–H groups in total. The molecule has 1 aromatic rings. The molecule has 2 heterocycles. The van der Waals surface area contributed by atoms with Gasteiger partial charge in [-0.1, -0.05) is 49.6 Å². The van der Waals surface area contributed by atoms with Crippen molar-refractivity contribution >= 4 is 11.8 Å². The number of nitrogens with zero attached hydrogens (tertiary/aromatic N) is 3. The molecule has 0 spiro atoms. The zero-order valence-corrected chi connectivity index (χ0v) is 22.0. The molecule has 3 aliphatic rings. The molecule has 2 saturated heterocycles. The van der Waals surface area contributed by atoms with Crippen LogP contribution in [-0.4, -0.2) is 72.3 Å². The number of hydrogen-bond donors (Lipinski definition) is 0. The van der Waals surface area contributed by atoms with Gasteiger partial charge in [0.1, 0.15) is 0 Å². The van der Waals surface area contributed by atoms with Crippen molar-refractivity contribution in [2.45, 2.75) is 77.6 Å². The molecule has 5 nitrogen and oxygen atoms in total. The molecule has 0 radical (unpaired) electrons. The fraction of sp³-hybridized carbons (Fsp3) is 0.733. The second-order valence-electron chi connectivity index (χ2n) is 11.4. The fourth-order valence-electron chi connectivity index (χ4n) is 6.52. The van der Waals surface area contributed by atoms with Crippen molar-refractivity contribution in [1.82, 2.24) is 14.7 Å². The van der Waals surface area contributed by atoms with Crippen LogP contribution >= 0.6 is 0 Å². The topological polar surface area (TPSA) is 43.9 Å². The second kappa shape index (κ2) is 13.4. The molecule has 2 amide bonds. The molecule has 0 aromatic heterocycles. The van der Waals surface area contributed by atoms with Crippen LogP contribution in [0.5, 0.6) is 0 Å². The van der Waals surface area contributed by atoms with Gasteiger partial charge in [-0.25, -0.2) is 0 Å². The van der Waals surface area contributed by atoms with Crippen LogP contribution in [0.1, 0.15) is 76.7 Å². The van der Waals surface area contributed by atoms with E-state index in [9.17, 15) is 9.59 Å². The van der Waals surface area contributed by atoms with Crippen LogP contribution in [0.3, 0.4) is 0 Å². The number of rotatable bonds is 9. The van der Waals surface area contributed by atoms with Gasteiger partial charge in [-0.05, 0) is 88.4 Å².